The molecule has 0 atom stereocenters. The second-order valence-corrected chi connectivity index (χ2v) is 5.28. The minimum absolute atomic E-state index is 0.733. The number of nitrogens with zero attached hydrogens (tertiary/aromatic N) is 2. The standard InChI is InChI=1S/C19H15N3/c20-16-8-11-19-18(12-16)21-13-22(19)17-9-6-15(7-10-17)14-4-2-1-3-5-14/h1-13H,20H2. The number of rotatable bonds is 2. The molecule has 0 saturated heterocycles. The summed E-state index contributed by atoms with van der Waals surface area (Å²) in [6.45, 7) is 0. The molecule has 2 N–H and O–H groups in total. The van der Waals surface area contributed by atoms with Crippen LogP contribution in [-0.2, 0) is 0 Å². The van der Waals surface area contributed by atoms with Crippen molar-refractivity contribution in [2.75, 3.05) is 5.73 Å². The Labute approximate surface area is 128 Å². The van der Waals surface area contributed by atoms with Gasteiger partial charge in [-0.15, -0.1) is 0 Å². The van der Waals surface area contributed by atoms with E-state index in [9.17, 15) is 0 Å². The molecule has 3 aromatic carbocycles. The van der Waals surface area contributed by atoms with Gasteiger partial charge in [0.25, 0.3) is 0 Å². The lowest BCUT2D eigenvalue weighted by Crippen LogP contribution is -1.92. The quantitative estimate of drug-likeness (QED) is 0.559. The highest BCUT2D eigenvalue weighted by atomic mass is 15.0. The molecule has 0 spiro atoms. The van der Waals surface area contributed by atoms with Gasteiger partial charge in [-0.05, 0) is 41.5 Å². The smallest absolute Gasteiger partial charge is 0.100 e. The molecule has 1 heterocycles. The molecule has 0 aliphatic carbocycles. The van der Waals surface area contributed by atoms with Crippen molar-refractivity contribution in [2.24, 2.45) is 0 Å². The van der Waals surface area contributed by atoms with E-state index in [1.807, 2.05) is 30.6 Å². The van der Waals surface area contributed by atoms with Gasteiger partial charge in [-0.2, -0.15) is 0 Å². The van der Waals surface area contributed by atoms with Gasteiger partial charge in [0.1, 0.15) is 6.33 Å². The molecule has 0 aliphatic rings. The minimum atomic E-state index is 0.733. The second-order valence-electron chi connectivity index (χ2n) is 5.28. The molecule has 0 unspecified atom stereocenters. The first-order chi connectivity index (χ1) is 10.8. The SMILES string of the molecule is Nc1ccc2c(c1)ncn2-c1ccc(-c2ccccc2)cc1. The monoisotopic (exact) mass is 285 g/mol. The van der Waals surface area contributed by atoms with E-state index in [1.165, 1.54) is 11.1 Å². The minimum Gasteiger partial charge on any atom is -0.399 e. The Hall–Kier alpha value is -3.07. The molecule has 0 radical (unpaired) electrons. The van der Waals surface area contributed by atoms with Crippen LogP contribution in [0.15, 0.2) is 79.1 Å². The number of imidazole rings is 1. The van der Waals surface area contributed by atoms with E-state index in [-0.39, 0.29) is 0 Å². The van der Waals surface area contributed by atoms with Crippen LogP contribution in [-0.4, -0.2) is 9.55 Å². The Kier molecular flexibility index (Phi) is 2.90. The summed E-state index contributed by atoms with van der Waals surface area (Å²) >= 11 is 0. The van der Waals surface area contributed by atoms with Crippen LogP contribution in [0, 0.1) is 0 Å². The van der Waals surface area contributed by atoms with Gasteiger partial charge in [-0.25, -0.2) is 4.98 Å². The molecule has 0 fully saturated rings. The number of aromatic nitrogens is 2. The van der Waals surface area contributed by atoms with Crippen molar-refractivity contribution in [3.8, 4) is 16.8 Å². The van der Waals surface area contributed by atoms with Crippen LogP contribution in [0.4, 0.5) is 5.69 Å². The van der Waals surface area contributed by atoms with Gasteiger partial charge in [0.05, 0.1) is 11.0 Å². The molecule has 0 bridgehead atoms. The Balaban J connectivity index is 1.76. The molecule has 106 valence electrons. The van der Waals surface area contributed by atoms with Crippen LogP contribution in [0.3, 0.4) is 0 Å². The number of hydrogen-bond acceptors (Lipinski definition) is 2. The first kappa shape index (κ1) is 12.7. The number of fused-ring (bicyclic) bond motifs is 1. The summed E-state index contributed by atoms with van der Waals surface area (Å²) in [5.74, 6) is 0. The van der Waals surface area contributed by atoms with Gasteiger partial charge in [0, 0.05) is 11.4 Å². The highest BCUT2D eigenvalue weighted by Crippen LogP contribution is 2.23. The lowest BCUT2D eigenvalue weighted by atomic mass is 10.1. The third kappa shape index (κ3) is 2.13. The fraction of sp³-hybridized carbons (Fsp3) is 0. The molecular weight excluding hydrogens is 270 g/mol. The highest BCUT2D eigenvalue weighted by molar-refractivity contribution is 5.80. The summed E-state index contributed by atoms with van der Waals surface area (Å²) in [5.41, 5.74) is 12.0. The normalized spacial score (nSPS) is 10.9. The van der Waals surface area contributed by atoms with Gasteiger partial charge in [0.2, 0.25) is 0 Å². The zero-order chi connectivity index (χ0) is 14.9. The summed E-state index contributed by atoms with van der Waals surface area (Å²) in [6, 6.07) is 24.6. The Morgan fingerprint density at radius 1 is 0.773 bits per heavy atom. The summed E-state index contributed by atoms with van der Waals surface area (Å²) in [7, 11) is 0. The maximum absolute atomic E-state index is 5.81. The largest absolute Gasteiger partial charge is 0.399 e. The Bertz CT molecular complexity index is 922. The zero-order valence-electron chi connectivity index (χ0n) is 12.0. The molecular formula is C19H15N3. The molecule has 3 heteroatoms. The van der Waals surface area contributed by atoms with Gasteiger partial charge < -0.3 is 5.73 Å². The third-order valence-electron chi connectivity index (χ3n) is 3.82. The van der Waals surface area contributed by atoms with Crippen LogP contribution in [0.5, 0.6) is 0 Å². The van der Waals surface area contributed by atoms with E-state index < -0.39 is 0 Å². The molecule has 0 amide bonds. The molecule has 22 heavy (non-hydrogen) atoms. The van der Waals surface area contributed by atoms with E-state index in [0.717, 1.165) is 22.4 Å². The number of nitrogens with two attached hydrogens (primary N) is 1. The maximum atomic E-state index is 5.81. The maximum Gasteiger partial charge on any atom is 0.100 e. The van der Waals surface area contributed by atoms with Crippen molar-refractivity contribution in [3.05, 3.63) is 79.1 Å². The van der Waals surface area contributed by atoms with Crippen molar-refractivity contribution >= 4 is 16.7 Å². The summed E-state index contributed by atoms with van der Waals surface area (Å²) in [6.07, 6.45) is 1.83. The fourth-order valence-electron chi connectivity index (χ4n) is 2.68. The average Bonchev–Trinajstić information content (AvgIpc) is 2.99. The number of benzene rings is 3. The van der Waals surface area contributed by atoms with Crippen LogP contribution >= 0.6 is 0 Å². The van der Waals surface area contributed by atoms with E-state index in [0.29, 0.717) is 0 Å². The number of hydrogen-bond donors (Lipinski definition) is 1. The van der Waals surface area contributed by atoms with Crippen LogP contribution in [0.25, 0.3) is 27.8 Å². The summed E-state index contributed by atoms with van der Waals surface area (Å²) in [5, 5.41) is 0. The van der Waals surface area contributed by atoms with Gasteiger partial charge in [-0.3, -0.25) is 4.57 Å². The molecule has 0 saturated carbocycles. The predicted octanol–water partition coefficient (Wildman–Crippen LogP) is 4.27. The third-order valence-corrected chi connectivity index (χ3v) is 3.82. The van der Waals surface area contributed by atoms with Crippen LogP contribution in [0.2, 0.25) is 0 Å². The van der Waals surface area contributed by atoms with E-state index in [2.05, 4.69) is 58.1 Å². The Morgan fingerprint density at radius 2 is 1.50 bits per heavy atom. The number of anilines is 1. The van der Waals surface area contributed by atoms with Crippen LogP contribution < -0.4 is 5.73 Å². The molecule has 4 rings (SSSR count). The van der Waals surface area contributed by atoms with Crippen molar-refractivity contribution in [1.29, 1.82) is 0 Å². The van der Waals surface area contributed by atoms with Crippen LogP contribution in [0.1, 0.15) is 0 Å². The fourth-order valence-corrected chi connectivity index (χ4v) is 2.68. The molecule has 1 aromatic heterocycles. The van der Waals surface area contributed by atoms with Crippen molar-refractivity contribution in [1.82, 2.24) is 9.55 Å². The zero-order valence-corrected chi connectivity index (χ0v) is 12.0. The lowest BCUT2D eigenvalue weighted by Gasteiger charge is -2.07. The highest BCUT2D eigenvalue weighted by Gasteiger charge is 2.05. The van der Waals surface area contributed by atoms with Gasteiger partial charge in [-0.1, -0.05) is 42.5 Å². The van der Waals surface area contributed by atoms with E-state index in [1.54, 1.807) is 0 Å². The van der Waals surface area contributed by atoms with Crippen molar-refractivity contribution < 1.29 is 0 Å². The average molecular weight is 285 g/mol. The van der Waals surface area contributed by atoms with Crippen molar-refractivity contribution in [2.45, 2.75) is 0 Å². The summed E-state index contributed by atoms with van der Waals surface area (Å²) in [4.78, 5) is 4.42. The number of nitrogen functional groups attached to an aromatic ring is 1. The second kappa shape index (κ2) is 5.04. The topological polar surface area (TPSA) is 43.8 Å². The lowest BCUT2D eigenvalue weighted by molar-refractivity contribution is 1.09. The predicted molar refractivity (Wildman–Crippen MR) is 90.9 cm³/mol. The van der Waals surface area contributed by atoms with Crippen molar-refractivity contribution in [3.63, 3.8) is 0 Å². The first-order valence-electron chi connectivity index (χ1n) is 7.20. The molecule has 0 aliphatic heterocycles. The van der Waals surface area contributed by atoms with E-state index in [4.69, 9.17) is 5.73 Å². The van der Waals surface area contributed by atoms with Gasteiger partial charge >= 0.3 is 0 Å². The Morgan fingerprint density at radius 3 is 2.27 bits per heavy atom. The molecule has 4 aromatic rings. The summed E-state index contributed by atoms with van der Waals surface area (Å²) < 4.78 is 2.07. The first-order valence-corrected chi connectivity index (χ1v) is 7.20. The van der Waals surface area contributed by atoms with Gasteiger partial charge in [0.15, 0.2) is 0 Å². The van der Waals surface area contributed by atoms with E-state index >= 15 is 0 Å². The molecule has 3 nitrogen and oxygen atoms in total.